The Hall–Kier alpha value is -2.34. The number of benzene rings is 1. The highest BCUT2D eigenvalue weighted by atomic mass is 35.5. The van der Waals surface area contributed by atoms with E-state index in [9.17, 15) is 14.4 Å². The molecule has 6 nitrogen and oxygen atoms in total. The molecular formula is C15H15ClN2O4. The number of allylic oxidation sites excluding steroid dienone is 2. The van der Waals surface area contributed by atoms with Crippen LogP contribution in [0.4, 0.5) is 0 Å². The van der Waals surface area contributed by atoms with Gasteiger partial charge in [-0.25, -0.2) is 0 Å². The molecule has 2 amide bonds. The molecule has 2 atom stereocenters. The summed E-state index contributed by atoms with van der Waals surface area (Å²) in [4.78, 5) is 35.1. The quantitative estimate of drug-likeness (QED) is 0.584. The van der Waals surface area contributed by atoms with Crippen molar-refractivity contribution < 1.29 is 19.5 Å². The maximum absolute atomic E-state index is 12.1. The first-order valence-electron chi connectivity index (χ1n) is 6.72. The van der Waals surface area contributed by atoms with E-state index in [0.717, 1.165) is 0 Å². The normalized spacial score (nSPS) is 20.2. The minimum absolute atomic E-state index is 0.297. The predicted octanol–water partition coefficient (Wildman–Crippen LogP) is 1.77. The first-order chi connectivity index (χ1) is 10.5. The van der Waals surface area contributed by atoms with E-state index in [1.54, 1.807) is 30.4 Å². The summed E-state index contributed by atoms with van der Waals surface area (Å²) in [6, 6.07) is 6.26. The molecule has 7 heteroatoms. The second-order valence-corrected chi connectivity index (χ2v) is 5.38. The van der Waals surface area contributed by atoms with Gasteiger partial charge in [0.05, 0.1) is 11.8 Å². The molecule has 2 rings (SSSR count). The van der Waals surface area contributed by atoms with Gasteiger partial charge in [-0.15, -0.1) is 0 Å². The summed E-state index contributed by atoms with van der Waals surface area (Å²) in [5.74, 6) is -3.55. The van der Waals surface area contributed by atoms with Crippen LogP contribution >= 0.6 is 11.6 Å². The maximum atomic E-state index is 12.1. The van der Waals surface area contributed by atoms with E-state index in [1.807, 2.05) is 0 Å². The van der Waals surface area contributed by atoms with Gasteiger partial charge in [-0.1, -0.05) is 29.8 Å². The third-order valence-electron chi connectivity index (χ3n) is 3.47. The van der Waals surface area contributed by atoms with Crippen LogP contribution in [-0.4, -0.2) is 22.9 Å². The lowest BCUT2D eigenvalue weighted by molar-refractivity contribution is -0.147. The van der Waals surface area contributed by atoms with E-state index in [1.165, 1.54) is 6.07 Å². The van der Waals surface area contributed by atoms with Crippen molar-refractivity contribution >= 4 is 29.4 Å². The lowest BCUT2D eigenvalue weighted by atomic mass is 9.82. The number of carbonyl (C=O) groups excluding carboxylic acids is 2. The Labute approximate surface area is 132 Å². The zero-order chi connectivity index (χ0) is 16.1. The van der Waals surface area contributed by atoms with Crippen LogP contribution in [0, 0.1) is 11.8 Å². The summed E-state index contributed by atoms with van der Waals surface area (Å²) < 4.78 is 0. The zero-order valence-corrected chi connectivity index (χ0v) is 12.3. The van der Waals surface area contributed by atoms with Gasteiger partial charge in [0.2, 0.25) is 5.91 Å². The van der Waals surface area contributed by atoms with Crippen molar-refractivity contribution in [3.63, 3.8) is 0 Å². The standard InChI is InChI=1S/C15H15ClN2O4/c16-10-5-3-4-9(8-10)13(19)17-18-14(20)11-6-1-2-7-12(11)15(21)22/h1-5,8,11-12H,6-7H2,(H,17,19)(H,18,20)(H,21,22)/t11-,12-/m0/s1. The van der Waals surface area contributed by atoms with Gasteiger partial charge in [0.25, 0.3) is 5.91 Å². The van der Waals surface area contributed by atoms with E-state index in [0.29, 0.717) is 23.4 Å². The van der Waals surface area contributed by atoms with Gasteiger partial charge in [-0.05, 0) is 31.0 Å². The number of aliphatic carboxylic acids is 1. The minimum Gasteiger partial charge on any atom is -0.481 e. The van der Waals surface area contributed by atoms with Crippen LogP contribution in [0.15, 0.2) is 36.4 Å². The molecular weight excluding hydrogens is 308 g/mol. The van der Waals surface area contributed by atoms with Crippen molar-refractivity contribution in [1.82, 2.24) is 10.9 Å². The number of hydrogen-bond donors (Lipinski definition) is 3. The van der Waals surface area contributed by atoms with Crippen LogP contribution in [0.2, 0.25) is 5.02 Å². The van der Waals surface area contributed by atoms with E-state index < -0.39 is 29.6 Å². The maximum Gasteiger partial charge on any atom is 0.307 e. The Balaban J connectivity index is 1.96. The van der Waals surface area contributed by atoms with Crippen molar-refractivity contribution in [3.05, 3.63) is 47.0 Å². The summed E-state index contributed by atoms with van der Waals surface area (Å²) in [5, 5.41) is 9.53. The van der Waals surface area contributed by atoms with Crippen molar-refractivity contribution in [2.75, 3.05) is 0 Å². The Morgan fingerprint density at radius 1 is 1.09 bits per heavy atom. The van der Waals surface area contributed by atoms with E-state index >= 15 is 0 Å². The fraction of sp³-hybridized carbons (Fsp3) is 0.267. The average Bonchev–Trinajstić information content (AvgIpc) is 2.52. The molecule has 1 aliphatic rings. The molecule has 1 aromatic carbocycles. The van der Waals surface area contributed by atoms with Crippen LogP contribution in [0.3, 0.4) is 0 Å². The lowest BCUT2D eigenvalue weighted by Gasteiger charge is -2.24. The molecule has 0 fully saturated rings. The summed E-state index contributed by atoms with van der Waals surface area (Å²) in [7, 11) is 0. The monoisotopic (exact) mass is 322 g/mol. The van der Waals surface area contributed by atoms with Gasteiger partial charge in [0.1, 0.15) is 0 Å². The van der Waals surface area contributed by atoms with E-state index in [-0.39, 0.29) is 0 Å². The van der Waals surface area contributed by atoms with Crippen LogP contribution < -0.4 is 10.9 Å². The first-order valence-corrected chi connectivity index (χ1v) is 7.10. The average molecular weight is 323 g/mol. The van der Waals surface area contributed by atoms with E-state index in [2.05, 4.69) is 10.9 Å². The molecule has 0 bridgehead atoms. The number of carbonyl (C=O) groups is 3. The number of hydrogen-bond acceptors (Lipinski definition) is 3. The molecule has 116 valence electrons. The Kier molecular flexibility index (Phi) is 5.16. The summed E-state index contributed by atoms with van der Waals surface area (Å²) in [6.07, 6.45) is 4.14. The molecule has 1 aromatic rings. The zero-order valence-electron chi connectivity index (χ0n) is 11.6. The number of rotatable bonds is 3. The topological polar surface area (TPSA) is 95.5 Å². The van der Waals surface area contributed by atoms with Crippen LogP contribution in [0.1, 0.15) is 23.2 Å². The van der Waals surface area contributed by atoms with Crippen LogP contribution in [0.5, 0.6) is 0 Å². The van der Waals surface area contributed by atoms with Crippen molar-refractivity contribution in [2.45, 2.75) is 12.8 Å². The predicted molar refractivity (Wildman–Crippen MR) is 80.1 cm³/mol. The molecule has 0 radical (unpaired) electrons. The SMILES string of the molecule is O=C(NNC(=O)[C@H]1CC=CC[C@@H]1C(=O)O)c1cccc(Cl)c1. The van der Waals surface area contributed by atoms with Gasteiger partial charge >= 0.3 is 5.97 Å². The fourth-order valence-electron chi connectivity index (χ4n) is 2.29. The highest BCUT2D eigenvalue weighted by molar-refractivity contribution is 6.30. The van der Waals surface area contributed by atoms with Crippen LogP contribution in [0.25, 0.3) is 0 Å². The summed E-state index contributed by atoms with van der Waals surface area (Å²) in [6.45, 7) is 0. The lowest BCUT2D eigenvalue weighted by Crippen LogP contribution is -2.47. The molecule has 0 saturated carbocycles. The number of hydrazine groups is 1. The van der Waals surface area contributed by atoms with Gasteiger partial charge in [-0.2, -0.15) is 0 Å². The van der Waals surface area contributed by atoms with Gasteiger partial charge in [0, 0.05) is 10.6 Å². The Morgan fingerprint density at radius 3 is 2.41 bits per heavy atom. The number of nitrogens with one attached hydrogen (secondary N) is 2. The molecule has 0 unspecified atom stereocenters. The number of amides is 2. The summed E-state index contributed by atoms with van der Waals surface area (Å²) in [5.41, 5.74) is 4.84. The molecule has 0 heterocycles. The van der Waals surface area contributed by atoms with E-state index in [4.69, 9.17) is 16.7 Å². The van der Waals surface area contributed by atoms with Gasteiger partial charge in [-0.3, -0.25) is 25.2 Å². The fourth-order valence-corrected chi connectivity index (χ4v) is 2.48. The molecule has 0 aliphatic heterocycles. The number of carboxylic acid groups (broad SMARTS) is 1. The van der Waals surface area contributed by atoms with Crippen molar-refractivity contribution in [1.29, 1.82) is 0 Å². The Bertz CT molecular complexity index is 630. The minimum atomic E-state index is -1.02. The third-order valence-corrected chi connectivity index (χ3v) is 3.71. The van der Waals surface area contributed by atoms with Crippen molar-refractivity contribution in [2.24, 2.45) is 11.8 Å². The van der Waals surface area contributed by atoms with Gasteiger partial charge in [0.15, 0.2) is 0 Å². The molecule has 0 spiro atoms. The molecule has 0 aromatic heterocycles. The second kappa shape index (κ2) is 7.09. The largest absolute Gasteiger partial charge is 0.481 e. The second-order valence-electron chi connectivity index (χ2n) is 4.95. The molecule has 1 aliphatic carbocycles. The van der Waals surface area contributed by atoms with Gasteiger partial charge < -0.3 is 5.11 Å². The first kappa shape index (κ1) is 16.0. The smallest absolute Gasteiger partial charge is 0.307 e. The Morgan fingerprint density at radius 2 is 1.77 bits per heavy atom. The van der Waals surface area contributed by atoms with Crippen molar-refractivity contribution in [3.8, 4) is 0 Å². The molecule has 0 saturated heterocycles. The number of carboxylic acids is 1. The summed E-state index contributed by atoms with van der Waals surface area (Å²) >= 11 is 5.79. The highest BCUT2D eigenvalue weighted by Gasteiger charge is 2.34. The molecule has 22 heavy (non-hydrogen) atoms. The van der Waals surface area contributed by atoms with Crippen LogP contribution in [-0.2, 0) is 9.59 Å². The highest BCUT2D eigenvalue weighted by Crippen LogP contribution is 2.25. The molecule has 3 N–H and O–H groups in total. The number of halogens is 1. The third kappa shape index (κ3) is 3.85.